The summed E-state index contributed by atoms with van der Waals surface area (Å²) in [6.45, 7) is 2.06. The van der Waals surface area contributed by atoms with Crippen LogP contribution in [0.3, 0.4) is 0 Å². The number of amides is 1. The topological polar surface area (TPSA) is 117 Å². The molecule has 0 spiro atoms. The predicted octanol–water partition coefficient (Wildman–Crippen LogP) is 3.50. The Kier molecular flexibility index (Phi) is 6.84. The molecule has 0 bridgehead atoms. The lowest BCUT2D eigenvalue weighted by molar-refractivity contribution is -0.385. The first-order chi connectivity index (χ1) is 14.5. The highest BCUT2D eigenvalue weighted by molar-refractivity contribution is 5.98. The average molecular weight is 414 g/mol. The number of hydrogen-bond acceptors (Lipinski definition) is 7. The van der Waals surface area contributed by atoms with E-state index in [9.17, 15) is 19.7 Å². The van der Waals surface area contributed by atoms with E-state index in [1.807, 2.05) is 12.1 Å². The standard InChI is InChI=1S/C21H22N2O7/c1-2-3-4-14-5-7-15(8-6-14)22-20(24)13-30-21(25)16-11-18-19(29-10-9-28-18)12-17(16)23(26)27/h5-8,11-12H,2-4,9-10,13H2,1H3,(H,22,24). The Morgan fingerprint density at radius 2 is 1.80 bits per heavy atom. The van der Waals surface area contributed by atoms with Crippen molar-refractivity contribution in [3.63, 3.8) is 0 Å². The first kappa shape index (κ1) is 21.1. The molecule has 1 amide bonds. The van der Waals surface area contributed by atoms with Crippen LogP contribution in [-0.2, 0) is 16.0 Å². The monoisotopic (exact) mass is 414 g/mol. The molecule has 0 atom stereocenters. The van der Waals surface area contributed by atoms with E-state index in [-0.39, 0.29) is 30.3 Å². The number of benzene rings is 2. The van der Waals surface area contributed by atoms with Crippen LogP contribution in [0.25, 0.3) is 0 Å². The lowest BCUT2D eigenvalue weighted by atomic mass is 10.1. The summed E-state index contributed by atoms with van der Waals surface area (Å²) in [4.78, 5) is 35.0. The van der Waals surface area contributed by atoms with Crippen molar-refractivity contribution in [2.24, 2.45) is 0 Å². The Labute approximate surface area is 173 Å². The van der Waals surface area contributed by atoms with Gasteiger partial charge < -0.3 is 19.5 Å². The Hall–Kier alpha value is -3.62. The number of carbonyl (C=O) groups is 2. The molecule has 0 fully saturated rings. The maximum absolute atomic E-state index is 12.4. The number of rotatable bonds is 8. The van der Waals surface area contributed by atoms with Gasteiger partial charge in [0, 0.05) is 11.8 Å². The summed E-state index contributed by atoms with van der Waals surface area (Å²) in [5.41, 5.74) is 0.957. The maximum Gasteiger partial charge on any atom is 0.345 e. The highest BCUT2D eigenvalue weighted by Crippen LogP contribution is 2.36. The van der Waals surface area contributed by atoms with E-state index in [2.05, 4.69) is 12.2 Å². The van der Waals surface area contributed by atoms with E-state index < -0.39 is 29.1 Å². The third kappa shape index (κ3) is 5.25. The number of anilines is 1. The molecular weight excluding hydrogens is 392 g/mol. The molecule has 3 rings (SSSR count). The quantitative estimate of drug-likeness (QED) is 0.399. The third-order valence-electron chi connectivity index (χ3n) is 4.47. The maximum atomic E-state index is 12.4. The Morgan fingerprint density at radius 3 is 2.43 bits per heavy atom. The first-order valence-electron chi connectivity index (χ1n) is 9.62. The number of nitro groups is 1. The van der Waals surface area contributed by atoms with E-state index >= 15 is 0 Å². The lowest BCUT2D eigenvalue weighted by Gasteiger charge is -2.18. The van der Waals surface area contributed by atoms with Crippen molar-refractivity contribution in [1.29, 1.82) is 0 Å². The van der Waals surface area contributed by atoms with Crippen LogP contribution in [0.4, 0.5) is 11.4 Å². The lowest BCUT2D eigenvalue weighted by Crippen LogP contribution is -2.22. The summed E-state index contributed by atoms with van der Waals surface area (Å²) >= 11 is 0. The number of hydrogen-bond donors (Lipinski definition) is 1. The van der Waals surface area contributed by atoms with Crippen LogP contribution in [0.15, 0.2) is 36.4 Å². The fourth-order valence-corrected chi connectivity index (χ4v) is 2.93. The molecule has 2 aromatic carbocycles. The zero-order chi connectivity index (χ0) is 21.5. The zero-order valence-corrected chi connectivity index (χ0v) is 16.5. The number of ether oxygens (including phenoxy) is 3. The van der Waals surface area contributed by atoms with Gasteiger partial charge in [0.1, 0.15) is 18.8 Å². The van der Waals surface area contributed by atoms with E-state index in [1.165, 1.54) is 11.6 Å². The van der Waals surface area contributed by atoms with Gasteiger partial charge in [0.05, 0.1) is 11.0 Å². The minimum absolute atomic E-state index is 0.185. The van der Waals surface area contributed by atoms with E-state index in [4.69, 9.17) is 14.2 Å². The van der Waals surface area contributed by atoms with Gasteiger partial charge in [0.2, 0.25) is 0 Å². The highest BCUT2D eigenvalue weighted by Gasteiger charge is 2.27. The molecular formula is C21H22N2O7. The molecule has 0 saturated heterocycles. The number of fused-ring (bicyclic) bond motifs is 1. The smallest absolute Gasteiger partial charge is 0.345 e. The molecule has 9 heteroatoms. The van der Waals surface area contributed by atoms with Gasteiger partial charge in [-0.05, 0) is 30.5 Å². The van der Waals surface area contributed by atoms with Crippen molar-refractivity contribution >= 4 is 23.3 Å². The fraction of sp³-hybridized carbons (Fsp3) is 0.333. The Morgan fingerprint density at radius 1 is 1.13 bits per heavy atom. The summed E-state index contributed by atoms with van der Waals surface area (Å²) in [6, 6.07) is 9.71. The van der Waals surface area contributed by atoms with E-state index in [0.717, 1.165) is 25.3 Å². The number of nitrogens with one attached hydrogen (secondary N) is 1. The van der Waals surface area contributed by atoms with Gasteiger partial charge in [0.15, 0.2) is 18.1 Å². The second-order valence-corrected chi connectivity index (χ2v) is 6.69. The van der Waals surface area contributed by atoms with Gasteiger partial charge in [-0.2, -0.15) is 0 Å². The molecule has 0 unspecified atom stereocenters. The molecule has 9 nitrogen and oxygen atoms in total. The van der Waals surface area contributed by atoms with Crippen LogP contribution >= 0.6 is 0 Å². The summed E-state index contributed by atoms with van der Waals surface area (Å²) in [6.07, 6.45) is 3.16. The second kappa shape index (κ2) is 9.73. The fourth-order valence-electron chi connectivity index (χ4n) is 2.93. The van der Waals surface area contributed by atoms with Crippen LogP contribution in [0, 0.1) is 10.1 Å². The summed E-state index contributed by atoms with van der Waals surface area (Å²) in [7, 11) is 0. The largest absolute Gasteiger partial charge is 0.486 e. The zero-order valence-electron chi connectivity index (χ0n) is 16.5. The number of carbonyl (C=O) groups excluding carboxylic acids is 2. The average Bonchev–Trinajstić information content (AvgIpc) is 2.76. The minimum atomic E-state index is -0.997. The number of aryl methyl sites for hydroxylation is 1. The second-order valence-electron chi connectivity index (χ2n) is 6.69. The molecule has 30 heavy (non-hydrogen) atoms. The number of nitro benzene ring substituents is 1. The normalized spacial score (nSPS) is 12.2. The van der Waals surface area contributed by atoms with Crippen LogP contribution in [0.2, 0.25) is 0 Å². The molecule has 158 valence electrons. The minimum Gasteiger partial charge on any atom is -0.486 e. The summed E-state index contributed by atoms with van der Waals surface area (Å²) < 4.78 is 15.6. The van der Waals surface area contributed by atoms with Gasteiger partial charge in [-0.1, -0.05) is 25.5 Å². The SMILES string of the molecule is CCCCc1ccc(NC(=O)COC(=O)c2cc3c(cc2[N+](=O)[O-])OCCO3)cc1. The highest BCUT2D eigenvalue weighted by atomic mass is 16.6. The van der Waals surface area contributed by atoms with Crippen molar-refractivity contribution in [3.05, 3.63) is 57.6 Å². The predicted molar refractivity (Wildman–Crippen MR) is 108 cm³/mol. The van der Waals surface area contributed by atoms with Crippen molar-refractivity contribution < 1.29 is 28.7 Å². The van der Waals surface area contributed by atoms with Gasteiger partial charge >= 0.3 is 5.97 Å². The Balaban J connectivity index is 1.61. The van der Waals surface area contributed by atoms with Crippen LogP contribution in [0.1, 0.15) is 35.7 Å². The van der Waals surface area contributed by atoms with Gasteiger partial charge in [-0.25, -0.2) is 4.79 Å². The van der Waals surface area contributed by atoms with Crippen molar-refractivity contribution in [2.75, 3.05) is 25.1 Å². The molecule has 1 aliphatic rings. The third-order valence-corrected chi connectivity index (χ3v) is 4.47. The summed E-state index contributed by atoms with van der Waals surface area (Å²) in [5, 5.41) is 13.9. The Bertz CT molecular complexity index is 941. The number of esters is 1. The first-order valence-corrected chi connectivity index (χ1v) is 9.62. The molecule has 1 aliphatic heterocycles. The molecule has 0 radical (unpaired) electrons. The summed E-state index contributed by atoms with van der Waals surface area (Å²) in [5.74, 6) is -1.15. The van der Waals surface area contributed by atoms with Crippen LogP contribution < -0.4 is 14.8 Å². The van der Waals surface area contributed by atoms with Crippen molar-refractivity contribution in [2.45, 2.75) is 26.2 Å². The van der Waals surface area contributed by atoms with Crippen molar-refractivity contribution in [1.82, 2.24) is 0 Å². The molecule has 0 aliphatic carbocycles. The van der Waals surface area contributed by atoms with Gasteiger partial charge in [-0.15, -0.1) is 0 Å². The molecule has 1 N–H and O–H groups in total. The number of unbranched alkanes of at least 4 members (excludes halogenated alkanes) is 1. The van der Waals surface area contributed by atoms with E-state index in [1.54, 1.807) is 12.1 Å². The number of nitrogens with zero attached hydrogens (tertiary/aromatic N) is 1. The molecule has 1 heterocycles. The van der Waals surface area contributed by atoms with Gasteiger partial charge in [-0.3, -0.25) is 14.9 Å². The molecule has 0 saturated carbocycles. The van der Waals surface area contributed by atoms with Crippen LogP contribution in [-0.4, -0.2) is 36.6 Å². The van der Waals surface area contributed by atoms with Crippen LogP contribution in [0.5, 0.6) is 11.5 Å². The molecule has 2 aromatic rings. The molecule has 0 aromatic heterocycles. The van der Waals surface area contributed by atoms with Crippen molar-refractivity contribution in [3.8, 4) is 11.5 Å². The van der Waals surface area contributed by atoms with E-state index in [0.29, 0.717) is 5.69 Å². The van der Waals surface area contributed by atoms with Gasteiger partial charge in [0.25, 0.3) is 11.6 Å².